The van der Waals surface area contributed by atoms with Gasteiger partial charge in [-0.3, -0.25) is 13.9 Å². The molecule has 0 spiro atoms. The van der Waals surface area contributed by atoms with Crippen LogP contribution in [0.5, 0.6) is 0 Å². The number of anilines is 1. The minimum absolute atomic E-state index is 0.0886. The molecule has 3 rings (SSSR count). The van der Waals surface area contributed by atoms with E-state index in [-0.39, 0.29) is 25.3 Å². The summed E-state index contributed by atoms with van der Waals surface area (Å²) in [5, 5.41) is 8.07. The molecule has 8 heteroatoms. The Kier molecular flexibility index (Phi) is 4.99. The molecule has 25 heavy (non-hydrogen) atoms. The molecule has 0 aromatic heterocycles. The van der Waals surface area contributed by atoms with Gasteiger partial charge < -0.3 is 10.0 Å². The largest absolute Gasteiger partial charge is 0.481 e. The van der Waals surface area contributed by atoms with Crippen molar-refractivity contribution in [1.29, 1.82) is 0 Å². The molecule has 7 nitrogen and oxygen atoms in total. The minimum Gasteiger partial charge on any atom is -0.481 e. The maximum Gasteiger partial charge on any atom is 0.303 e. The Labute approximate surface area is 147 Å². The third-order valence-corrected chi connectivity index (χ3v) is 7.08. The third-order valence-electron chi connectivity index (χ3n) is 4.86. The number of carbonyl (C=O) groups excluding carboxylic acids is 1. The number of likely N-dealkylation sites (tertiary alicyclic amines) is 1. The van der Waals surface area contributed by atoms with Gasteiger partial charge in [-0.2, -0.15) is 0 Å². The fourth-order valence-corrected chi connectivity index (χ4v) is 5.52. The fourth-order valence-electron chi connectivity index (χ4n) is 3.53. The van der Waals surface area contributed by atoms with Gasteiger partial charge in [0.1, 0.15) is 0 Å². The van der Waals surface area contributed by atoms with E-state index < -0.39 is 21.2 Å². The molecule has 1 aromatic rings. The average molecular weight is 366 g/mol. The summed E-state index contributed by atoms with van der Waals surface area (Å²) in [5.74, 6) is -1.31. The lowest BCUT2D eigenvalue weighted by atomic mass is 10.1. The van der Waals surface area contributed by atoms with Gasteiger partial charge in [-0.25, -0.2) is 8.42 Å². The summed E-state index contributed by atoms with van der Waals surface area (Å²) in [6.07, 6.45) is 1.51. The first-order valence-electron chi connectivity index (χ1n) is 8.48. The van der Waals surface area contributed by atoms with Crippen LogP contribution in [0.3, 0.4) is 0 Å². The molecular weight excluding hydrogens is 344 g/mol. The SMILES string of the molecule is O=C(O)CCC(=O)N1CCCC(S(=O)(=O)N2CCc3ccccc32)C1. The normalized spacial score (nSPS) is 20.4. The number of amides is 1. The number of nitrogens with zero attached hydrogens (tertiary/aromatic N) is 2. The average Bonchev–Trinajstić information content (AvgIpc) is 3.04. The molecule has 0 saturated carbocycles. The van der Waals surface area contributed by atoms with Crippen molar-refractivity contribution >= 4 is 27.6 Å². The molecule has 2 heterocycles. The molecule has 1 fully saturated rings. The monoisotopic (exact) mass is 366 g/mol. The molecule has 1 aromatic carbocycles. The lowest BCUT2D eigenvalue weighted by Crippen LogP contribution is -2.49. The summed E-state index contributed by atoms with van der Waals surface area (Å²) in [7, 11) is -3.55. The number of aliphatic carboxylic acids is 1. The van der Waals surface area contributed by atoms with Gasteiger partial charge in [0.2, 0.25) is 15.9 Å². The van der Waals surface area contributed by atoms with Crippen LogP contribution < -0.4 is 4.31 Å². The quantitative estimate of drug-likeness (QED) is 0.846. The van der Waals surface area contributed by atoms with Crippen LogP contribution in [0.25, 0.3) is 0 Å². The van der Waals surface area contributed by atoms with E-state index in [1.807, 2.05) is 24.3 Å². The Morgan fingerprint density at radius 3 is 2.68 bits per heavy atom. The van der Waals surface area contributed by atoms with Crippen molar-refractivity contribution in [3.8, 4) is 0 Å². The van der Waals surface area contributed by atoms with Crippen LogP contribution in [0.2, 0.25) is 0 Å². The van der Waals surface area contributed by atoms with Crippen molar-refractivity contribution in [1.82, 2.24) is 4.90 Å². The van der Waals surface area contributed by atoms with E-state index >= 15 is 0 Å². The Hall–Kier alpha value is -2.09. The second-order valence-electron chi connectivity index (χ2n) is 6.49. The number of para-hydroxylation sites is 1. The summed E-state index contributed by atoms with van der Waals surface area (Å²) in [6.45, 7) is 1.06. The molecule has 1 atom stereocenters. The molecule has 0 bridgehead atoms. The number of carboxylic acid groups (broad SMARTS) is 1. The molecule has 136 valence electrons. The van der Waals surface area contributed by atoms with Gasteiger partial charge in [0, 0.05) is 26.1 Å². The number of fused-ring (bicyclic) bond motifs is 1. The lowest BCUT2D eigenvalue weighted by Gasteiger charge is -2.35. The van der Waals surface area contributed by atoms with E-state index in [1.165, 1.54) is 9.21 Å². The molecular formula is C17H22N2O5S. The van der Waals surface area contributed by atoms with E-state index in [0.29, 0.717) is 32.4 Å². The highest BCUT2D eigenvalue weighted by Crippen LogP contribution is 2.33. The van der Waals surface area contributed by atoms with E-state index in [4.69, 9.17) is 5.11 Å². The summed E-state index contributed by atoms with van der Waals surface area (Å²) in [6, 6.07) is 7.49. The van der Waals surface area contributed by atoms with E-state index in [1.54, 1.807) is 0 Å². The fraction of sp³-hybridized carbons (Fsp3) is 0.529. The second kappa shape index (κ2) is 7.03. The Bertz CT molecular complexity index is 777. The summed E-state index contributed by atoms with van der Waals surface area (Å²) in [4.78, 5) is 24.3. The highest BCUT2D eigenvalue weighted by atomic mass is 32.2. The van der Waals surface area contributed by atoms with Crippen LogP contribution in [0.15, 0.2) is 24.3 Å². The molecule has 1 N–H and O–H groups in total. The van der Waals surface area contributed by atoms with E-state index in [9.17, 15) is 18.0 Å². The van der Waals surface area contributed by atoms with E-state index in [0.717, 1.165) is 11.3 Å². The van der Waals surface area contributed by atoms with Crippen molar-refractivity contribution in [2.45, 2.75) is 37.4 Å². The molecule has 0 radical (unpaired) electrons. The zero-order chi connectivity index (χ0) is 18.0. The summed E-state index contributed by atoms with van der Waals surface area (Å²) >= 11 is 0. The number of carbonyl (C=O) groups is 2. The smallest absolute Gasteiger partial charge is 0.303 e. The molecule has 0 aliphatic carbocycles. The molecule has 1 saturated heterocycles. The van der Waals surface area contributed by atoms with Crippen LogP contribution in [0, 0.1) is 0 Å². The topological polar surface area (TPSA) is 95.0 Å². The number of hydrogen-bond donors (Lipinski definition) is 1. The zero-order valence-corrected chi connectivity index (χ0v) is 14.7. The second-order valence-corrected chi connectivity index (χ2v) is 8.63. The first-order chi connectivity index (χ1) is 11.9. The predicted octanol–water partition coefficient (Wildman–Crippen LogP) is 1.23. The number of sulfonamides is 1. The van der Waals surface area contributed by atoms with Crippen molar-refractivity contribution in [2.24, 2.45) is 0 Å². The van der Waals surface area contributed by atoms with Crippen molar-refractivity contribution in [2.75, 3.05) is 23.9 Å². The summed E-state index contributed by atoms with van der Waals surface area (Å²) < 4.78 is 27.6. The van der Waals surface area contributed by atoms with Gasteiger partial charge in [0.15, 0.2) is 0 Å². The highest BCUT2D eigenvalue weighted by molar-refractivity contribution is 7.93. The van der Waals surface area contributed by atoms with Gasteiger partial charge >= 0.3 is 5.97 Å². The van der Waals surface area contributed by atoms with Gasteiger partial charge in [-0.15, -0.1) is 0 Å². The highest BCUT2D eigenvalue weighted by Gasteiger charge is 2.39. The van der Waals surface area contributed by atoms with Crippen LogP contribution in [-0.2, 0) is 26.0 Å². The van der Waals surface area contributed by atoms with Crippen LogP contribution in [-0.4, -0.2) is 55.2 Å². The van der Waals surface area contributed by atoms with Crippen molar-refractivity contribution in [3.63, 3.8) is 0 Å². The maximum atomic E-state index is 13.1. The first kappa shape index (κ1) is 17.7. The molecule has 2 aliphatic heterocycles. The maximum absolute atomic E-state index is 13.1. The standard InChI is InChI=1S/C17H22N2O5S/c20-16(7-8-17(21)22)18-10-3-5-14(12-18)25(23,24)19-11-9-13-4-1-2-6-15(13)19/h1-2,4,6,14H,3,5,7-12H2,(H,21,22). The van der Waals surface area contributed by atoms with Crippen LogP contribution in [0.1, 0.15) is 31.2 Å². The van der Waals surface area contributed by atoms with Crippen molar-refractivity contribution < 1.29 is 23.1 Å². The Morgan fingerprint density at radius 1 is 1.16 bits per heavy atom. The molecule has 1 unspecified atom stereocenters. The zero-order valence-electron chi connectivity index (χ0n) is 13.9. The lowest BCUT2D eigenvalue weighted by molar-refractivity contribution is -0.141. The van der Waals surface area contributed by atoms with Gasteiger partial charge in [0.05, 0.1) is 17.4 Å². The van der Waals surface area contributed by atoms with Crippen LogP contribution in [0.4, 0.5) is 5.69 Å². The first-order valence-corrected chi connectivity index (χ1v) is 9.99. The Morgan fingerprint density at radius 2 is 1.92 bits per heavy atom. The van der Waals surface area contributed by atoms with Gasteiger partial charge in [-0.05, 0) is 30.9 Å². The van der Waals surface area contributed by atoms with Crippen LogP contribution >= 0.6 is 0 Å². The number of piperidine rings is 1. The molecule has 1 amide bonds. The van der Waals surface area contributed by atoms with E-state index in [2.05, 4.69) is 0 Å². The number of benzene rings is 1. The third kappa shape index (κ3) is 3.63. The number of rotatable bonds is 5. The van der Waals surface area contributed by atoms with Gasteiger partial charge in [0.25, 0.3) is 0 Å². The molecule has 2 aliphatic rings. The van der Waals surface area contributed by atoms with Crippen molar-refractivity contribution in [3.05, 3.63) is 29.8 Å². The summed E-state index contributed by atoms with van der Waals surface area (Å²) in [5.41, 5.74) is 1.76. The number of hydrogen-bond acceptors (Lipinski definition) is 4. The predicted molar refractivity (Wildman–Crippen MR) is 92.9 cm³/mol. The minimum atomic E-state index is -3.55. The Balaban J connectivity index is 1.73. The number of carboxylic acids is 1. The van der Waals surface area contributed by atoms with Gasteiger partial charge in [-0.1, -0.05) is 18.2 Å².